The van der Waals surface area contributed by atoms with Crippen LogP contribution in [0.3, 0.4) is 0 Å². The van der Waals surface area contributed by atoms with Crippen LogP contribution in [-0.2, 0) is 6.18 Å². The zero-order valence-corrected chi connectivity index (χ0v) is 9.09. The quantitative estimate of drug-likeness (QED) is 0.779. The Kier molecular flexibility index (Phi) is 3.10. The average molecular weight is 246 g/mol. The Morgan fingerprint density at radius 3 is 2.53 bits per heavy atom. The highest BCUT2D eigenvalue weighted by molar-refractivity contribution is 5.67. The van der Waals surface area contributed by atoms with Crippen molar-refractivity contribution in [1.29, 1.82) is 0 Å². The van der Waals surface area contributed by atoms with Gasteiger partial charge in [-0.25, -0.2) is 4.98 Å². The fourth-order valence-corrected chi connectivity index (χ4v) is 1.79. The van der Waals surface area contributed by atoms with Crippen LogP contribution in [0.4, 0.5) is 24.5 Å². The van der Waals surface area contributed by atoms with Gasteiger partial charge in [0.1, 0.15) is 5.69 Å². The number of nitrogen functional groups attached to an aromatic ring is 1. The number of nitrogens with zero attached hydrogens (tertiary/aromatic N) is 2. The van der Waals surface area contributed by atoms with E-state index in [0.717, 1.165) is 25.4 Å². The Labute approximate surface area is 96.6 Å². The lowest BCUT2D eigenvalue weighted by molar-refractivity contribution is -0.141. The van der Waals surface area contributed by atoms with Crippen molar-refractivity contribution in [3.63, 3.8) is 0 Å². The van der Waals surface area contributed by atoms with Gasteiger partial charge in [-0.15, -0.1) is 0 Å². The van der Waals surface area contributed by atoms with Gasteiger partial charge in [0.15, 0.2) is 0 Å². The van der Waals surface area contributed by atoms with Crippen LogP contribution in [0.1, 0.15) is 5.69 Å². The van der Waals surface area contributed by atoms with Gasteiger partial charge >= 0.3 is 6.18 Å². The maximum Gasteiger partial charge on any atom is 0.433 e. The minimum absolute atomic E-state index is 0.278. The molecular weight excluding hydrogens is 233 g/mol. The average Bonchev–Trinajstić information content (AvgIpc) is 2.29. The summed E-state index contributed by atoms with van der Waals surface area (Å²) in [7, 11) is 0. The van der Waals surface area contributed by atoms with Gasteiger partial charge in [0, 0.05) is 26.2 Å². The standard InChI is InChI=1S/C10H13F3N4/c11-10(12,13)9-5-8(7(14)6-16-9)17-3-1-15-2-4-17/h5-6,15H,1-4,14H2. The van der Waals surface area contributed by atoms with Gasteiger partial charge in [-0.3, -0.25) is 0 Å². The smallest absolute Gasteiger partial charge is 0.396 e. The number of hydrogen-bond acceptors (Lipinski definition) is 4. The van der Waals surface area contributed by atoms with Crippen molar-refractivity contribution >= 4 is 11.4 Å². The molecule has 2 heterocycles. The van der Waals surface area contributed by atoms with Crippen molar-refractivity contribution in [2.45, 2.75) is 6.18 Å². The fraction of sp³-hybridized carbons (Fsp3) is 0.500. The summed E-state index contributed by atoms with van der Waals surface area (Å²) in [6.07, 6.45) is -3.36. The molecule has 1 saturated heterocycles. The van der Waals surface area contributed by atoms with Crippen LogP contribution in [0.15, 0.2) is 12.3 Å². The van der Waals surface area contributed by atoms with E-state index in [-0.39, 0.29) is 5.69 Å². The Bertz CT molecular complexity index is 399. The summed E-state index contributed by atoms with van der Waals surface area (Å²) in [6.45, 7) is 2.77. The van der Waals surface area contributed by atoms with Gasteiger partial charge in [-0.05, 0) is 6.07 Å². The van der Waals surface area contributed by atoms with Crippen LogP contribution < -0.4 is 16.0 Å². The second kappa shape index (κ2) is 4.40. The molecule has 1 aromatic heterocycles. The molecule has 1 aliphatic rings. The minimum Gasteiger partial charge on any atom is -0.396 e. The number of piperazine rings is 1. The van der Waals surface area contributed by atoms with Crippen LogP contribution in [0.25, 0.3) is 0 Å². The topological polar surface area (TPSA) is 54.2 Å². The second-order valence-electron chi connectivity index (χ2n) is 3.86. The van der Waals surface area contributed by atoms with E-state index in [9.17, 15) is 13.2 Å². The molecule has 1 fully saturated rings. The number of halogens is 3. The molecule has 0 atom stereocenters. The van der Waals surface area contributed by atoms with Gasteiger partial charge in [0.05, 0.1) is 17.6 Å². The van der Waals surface area contributed by atoms with Gasteiger partial charge in [-0.1, -0.05) is 0 Å². The summed E-state index contributed by atoms with van der Waals surface area (Å²) < 4.78 is 37.6. The Hall–Kier alpha value is -1.50. The highest BCUT2D eigenvalue weighted by Gasteiger charge is 2.33. The van der Waals surface area contributed by atoms with Crippen LogP contribution >= 0.6 is 0 Å². The van der Waals surface area contributed by atoms with E-state index in [1.54, 1.807) is 0 Å². The maximum absolute atomic E-state index is 12.5. The predicted octanol–water partition coefficient (Wildman–Crippen LogP) is 1.09. The molecule has 94 valence electrons. The van der Waals surface area contributed by atoms with Crippen LogP contribution in [-0.4, -0.2) is 31.2 Å². The molecule has 4 nitrogen and oxygen atoms in total. The lowest BCUT2D eigenvalue weighted by Gasteiger charge is -2.30. The van der Waals surface area contributed by atoms with E-state index in [1.165, 1.54) is 0 Å². The number of alkyl halides is 3. The van der Waals surface area contributed by atoms with Crippen LogP contribution in [0, 0.1) is 0 Å². The zero-order chi connectivity index (χ0) is 12.5. The molecule has 1 aromatic rings. The molecule has 0 saturated carbocycles. The molecule has 17 heavy (non-hydrogen) atoms. The molecule has 1 aliphatic heterocycles. The molecule has 0 bridgehead atoms. The monoisotopic (exact) mass is 246 g/mol. The first kappa shape index (κ1) is 12.0. The van der Waals surface area contributed by atoms with Crippen molar-refractivity contribution in [3.8, 4) is 0 Å². The zero-order valence-electron chi connectivity index (χ0n) is 9.09. The van der Waals surface area contributed by atoms with E-state index in [4.69, 9.17) is 5.73 Å². The van der Waals surface area contributed by atoms with Crippen molar-refractivity contribution in [2.75, 3.05) is 36.8 Å². The van der Waals surface area contributed by atoms with Crippen LogP contribution in [0.5, 0.6) is 0 Å². The molecule has 0 amide bonds. The second-order valence-corrected chi connectivity index (χ2v) is 3.86. The summed E-state index contributed by atoms with van der Waals surface area (Å²) >= 11 is 0. The number of anilines is 2. The first-order valence-corrected chi connectivity index (χ1v) is 5.27. The first-order chi connectivity index (χ1) is 7.98. The van der Waals surface area contributed by atoms with E-state index >= 15 is 0 Å². The van der Waals surface area contributed by atoms with Gasteiger partial charge in [0.2, 0.25) is 0 Å². The summed E-state index contributed by atoms with van der Waals surface area (Å²) in [5.74, 6) is 0. The predicted molar refractivity (Wildman–Crippen MR) is 58.7 cm³/mol. The van der Waals surface area contributed by atoms with Crippen molar-refractivity contribution in [3.05, 3.63) is 18.0 Å². The molecule has 0 unspecified atom stereocenters. The molecule has 0 spiro atoms. The largest absolute Gasteiger partial charge is 0.433 e. The molecule has 0 aromatic carbocycles. The minimum atomic E-state index is -4.43. The summed E-state index contributed by atoms with van der Waals surface area (Å²) in [5.41, 5.74) is 5.46. The fourth-order valence-electron chi connectivity index (χ4n) is 1.79. The number of hydrogen-bond donors (Lipinski definition) is 2. The summed E-state index contributed by atoms with van der Waals surface area (Å²) in [5, 5.41) is 3.13. The first-order valence-electron chi connectivity index (χ1n) is 5.27. The Balaban J connectivity index is 2.31. The number of aromatic nitrogens is 1. The molecule has 7 heteroatoms. The lowest BCUT2D eigenvalue weighted by atomic mass is 10.2. The van der Waals surface area contributed by atoms with E-state index in [2.05, 4.69) is 10.3 Å². The van der Waals surface area contributed by atoms with Crippen molar-refractivity contribution < 1.29 is 13.2 Å². The maximum atomic E-state index is 12.5. The Morgan fingerprint density at radius 2 is 1.94 bits per heavy atom. The molecule has 0 radical (unpaired) electrons. The molecule has 3 N–H and O–H groups in total. The van der Waals surface area contributed by atoms with Crippen LogP contribution in [0.2, 0.25) is 0 Å². The SMILES string of the molecule is Nc1cnc(C(F)(F)F)cc1N1CCNCC1. The lowest BCUT2D eigenvalue weighted by Crippen LogP contribution is -2.43. The number of nitrogens with one attached hydrogen (secondary N) is 1. The normalized spacial score (nSPS) is 17.2. The van der Waals surface area contributed by atoms with Gasteiger partial charge in [0.25, 0.3) is 0 Å². The summed E-state index contributed by atoms with van der Waals surface area (Å²) in [4.78, 5) is 5.15. The third-order valence-corrected chi connectivity index (χ3v) is 2.66. The number of pyridine rings is 1. The molecule has 2 rings (SSSR count). The highest BCUT2D eigenvalue weighted by atomic mass is 19.4. The van der Waals surface area contributed by atoms with Gasteiger partial charge < -0.3 is 16.0 Å². The number of nitrogens with two attached hydrogens (primary N) is 1. The molecule has 0 aliphatic carbocycles. The third kappa shape index (κ3) is 2.60. The third-order valence-electron chi connectivity index (χ3n) is 2.66. The molecular formula is C10H13F3N4. The van der Waals surface area contributed by atoms with E-state index in [1.807, 2.05) is 4.90 Å². The van der Waals surface area contributed by atoms with E-state index in [0.29, 0.717) is 18.8 Å². The number of rotatable bonds is 1. The van der Waals surface area contributed by atoms with E-state index < -0.39 is 11.9 Å². The Morgan fingerprint density at radius 1 is 1.29 bits per heavy atom. The highest BCUT2D eigenvalue weighted by Crippen LogP contribution is 2.32. The van der Waals surface area contributed by atoms with Crippen molar-refractivity contribution in [1.82, 2.24) is 10.3 Å². The van der Waals surface area contributed by atoms with Gasteiger partial charge in [-0.2, -0.15) is 13.2 Å². The summed E-state index contributed by atoms with van der Waals surface area (Å²) in [6, 6.07) is 1.01. The van der Waals surface area contributed by atoms with Crippen molar-refractivity contribution in [2.24, 2.45) is 0 Å².